The van der Waals surface area contributed by atoms with Crippen LogP contribution in [0.2, 0.25) is 0 Å². The van der Waals surface area contributed by atoms with Crippen LogP contribution in [-0.2, 0) is 6.54 Å². The number of aryl methyl sites for hydroxylation is 2. The van der Waals surface area contributed by atoms with Crippen molar-refractivity contribution in [1.29, 1.82) is 0 Å². The summed E-state index contributed by atoms with van der Waals surface area (Å²) in [7, 11) is 0. The summed E-state index contributed by atoms with van der Waals surface area (Å²) in [5.41, 5.74) is 0.989. The summed E-state index contributed by atoms with van der Waals surface area (Å²) < 4.78 is 5.49. The Bertz CT molecular complexity index is 279. The van der Waals surface area contributed by atoms with Crippen LogP contribution < -0.4 is 5.32 Å². The standard InChI is InChI=1S/C11H20N2OS/c1-8(5-6-15-4)12-7-11-13-9(2)10(3)14-11/h8,12H,5-7H2,1-4H3. The number of rotatable bonds is 6. The van der Waals surface area contributed by atoms with Crippen LogP contribution in [0.1, 0.15) is 30.7 Å². The van der Waals surface area contributed by atoms with Gasteiger partial charge in [0.25, 0.3) is 0 Å². The first-order valence-electron chi connectivity index (χ1n) is 5.28. The average Bonchev–Trinajstić information content (AvgIpc) is 2.52. The average molecular weight is 228 g/mol. The van der Waals surface area contributed by atoms with Crippen molar-refractivity contribution in [3.8, 4) is 0 Å². The molecule has 0 radical (unpaired) electrons. The molecule has 1 N–H and O–H groups in total. The van der Waals surface area contributed by atoms with E-state index in [1.807, 2.05) is 25.6 Å². The number of oxazole rings is 1. The first-order chi connectivity index (χ1) is 7.13. The molecule has 0 aliphatic carbocycles. The summed E-state index contributed by atoms with van der Waals surface area (Å²) in [5.74, 6) is 2.90. The lowest BCUT2D eigenvalue weighted by Crippen LogP contribution is -2.26. The Hall–Kier alpha value is -0.480. The molecule has 3 nitrogen and oxygen atoms in total. The van der Waals surface area contributed by atoms with Crippen molar-refractivity contribution in [2.45, 2.75) is 39.8 Å². The molecule has 0 aromatic carbocycles. The molecule has 0 saturated heterocycles. The minimum Gasteiger partial charge on any atom is -0.444 e. The third-order valence-electron chi connectivity index (χ3n) is 2.43. The minimum atomic E-state index is 0.518. The number of nitrogens with one attached hydrogen (secondary N) is 1. The monoisotopic (exact) mass is 228 g/mol. The fourth-order valence-corrected chi connectivity index (χ4v) is 1.86. The summed E-state index contributed by atoms with van der Waals surface area (Å²) in [5, 5.41) is 3.40. The molecular weight excluding hydrogens is 208 g/mol. The Morgan fingerprint density at radius 2 is 2.20 bits per heavy atom. The highest BCUT2D eigenvalue weighted by atomic mass is 32.2. The molecule has 1 rings (SSSR count). The van der Waals surface area contributed by atoms with Crippen LogP contribution in [0.3, 0.4) is 0 Å². The van der Waals surface area contributed by atoms with Gasteiger partial charge in [-0.2, -0.15) is 11.8 Å². The molecule has 0 bridgehead atoms. The molecule has 1 atom stereocenters. The van der Waals surface area contributed by atoms with Gasteiger partial charge in [0.05, 0.1) is 12.2 Å². The Balaban J connectivity index is 2.30. The topological polar surface area (TPSA) is 38.1 Å². The summed E-state index contributed by atoms with van der Waals surface area (Å²) in [4.78, 5) is 4.33. The van der Waals surface area contributed by atoms with Crippen molar-refractivity contribution in [2.75, 3.05) is 12.0 Å². The van der Waals surface area contributed by atoms with Crippen LogP contribution in [0.4, 0.5) is 0 Å². The Kier molecular flexibility index (Phi) is 5.19. The van der Waals surface area contributed by atoms with Crippen molar-refractivity contribution in [1.82, 2.24) is 10.3 Å². The summed E-state index contributed by atoms with van der Waals surface area (Å²) >= 11 is 1.88. The van der Waals surface area contributed by atoms with Gasteiger partial charge in [0, 0.05) is 6.04 Å². The maximum Gasteiger partial charge on any atom is 0.208 e. The highest BCUT2D eigenvalue weighted by Crippen LogP contribution is 2.08. The second kappa shape index (κ2) is 6.18. The van der Waals surface area contributed by atoms with Crippen LogP contribution in [0.25, 0.3) is 0 Å². The highest BCUT2D eigenvalue weighted by molar-refractivity contribution is 7.98. The van der Waals surface area contributed by atoms with E-state index in [0.717, 1.165) is 23.9 Å². The molecule has 1 aromatic heterocycles. The summed E-state index contributed by atoms with van der Waals surface area (Å²) in [6.07, 6.45) is 3.31. The molecule has 0 aliphatic heterocycles. The zero-order valence-corrected chi connectivity index (χ0v) is 10.8. The minimum absolute atomic E-state index is 0.518. The molecule has 1 unspecified atom stereocenters. The number of aromatic nitrogens is 1. The van der Waals surface area contributed by atoms with Gasteiger partial charge in [0.2, 0.25) is 5.89 Å². The van der Waals surface area contributed by atoms with Gasteiger partial charge in [-0.3, -0.25) is 0 Å². The van der Waals surface area contributed by atoms with Gasteiger partial charge >= 0.3 is 0 Å². The second-order valence-corrected chi connectivity index (χ2v) is 4.80. The predicted octanol–water partition coefficient (Wildman–Crippen LogP) is 2.52. The number of nitrogens with zero attached hydrogens (tertiary/aromatic N) is 1. The van der Waals surface area contributed by atoms with Gasteiger partial charge in [0.1, 0.15) is 5.76 Å². The molecular formula is C11H20N2OS. The third kappa shape index (κ3) is 4.26. The zero-order valence-electron chi connectivity index (χ0n) is 9.96. The molecule has 0 aliphatic rings. The SMILES string of the molecule is CSCCC(C)NCc1nc(C)c(C)o1. The van der Waals surface area contributed by atoms with Crippen LogP contribution in [-0.4, -0.2) is 23.0 Å². The molecule has 1 heterocycles. The van der Waals surface area contributed by atoms with Gasteiger partial charge in [-0.25, -0.2) is 4.98 Å². The van der Waals surface area contributed by atoms with E-state index in [-0.39, 0.29) is 0 Å². The van der Waals surface area contributed by atoms with Crippen molar-refractivity contribution in [3.63, 3.8) is 0 Å². The lowest BCUT2D eigenvalue weighted by Gasteiger charge is -2.10. The lowest BCUT2D eigenvalue weighted by atomic mass is 10.2. The van der Waals surface area contributed by atoms with E-state index in [4.69, 9.17) is 4.42 Å². The van der Waals surface area contributed by atoms with Crippen LogP contribution >= 0.6 is 11.8 Å². The molecule has 1 aromatic rings. The fourth-order valence-electron chi connectivity index (χ4n) is 1.27. The van der Waals surface area contributed by atoms with Crippen LogP contribution in [0.5, 0.6) is 0 Å². The van der Waals surface area contributed by atoms with Crippen molar-refractivity contribution in [2.24, 2.45) is 0 Å². The number of hydrogen-bond donors (Lipinski definition) is 1. The largest absolute Gasteiger partial charge is 0.444 e. The van der Waals surface area contributed by atoms with E-state index in [1.165, 1.54) is 12.2 Å². The molecule has 4 heteroatoms. The Morgan fingerprint density at radius 1 is 1.47 bits per heavy atom. The van der Waals surface area contributed by atoms with Gasteiger partial charge in [0.15, 0.2) is 0 Å². The highest BCUT2D eigenvalue weighted by Gasteiger charge is 2.06. The predicted molar refractivity (Wildman–Crippen MR) is 65.3 cm³/mol. The fraction of sp³-hybridized carbons (Fsp3) is 0.727. The number of thioether (sulfide) groups is 1. The van der Waals surface area contributed by atoms with E-state index in [0.29, 0.717) is 6.04 Å². The third-order valence-corrected chi connectivity index (χ3v) is 3.07. The first-order valence-corrected chi connectivity index (χ1v) is 6.68. The van der Waals surface area contributed by atoms with E-state index in [9.17, 15) is 0 Å². The molecule has 0 saturated carbocycles. The molecule has 0 amide bonds. The summed E-state index contributed by atoms with van der Waals surface area (Å²) in [6.45, 7) is 6.84. The first kappa shape index (κ1) is 12.6. The second-order valence-electron chi connectivity index (χ2n) is 3.81. The maximum absolute atomic E-state index is 5.49. The zero-order chi connectivity index (χ0) is 11.3. The van der Waals surface area contributed by atoms with Crippen LogP contribution in [0, 0.1) is 13.8 Å². The summed E-state index contributed by atoms with van der Waals surface area (Å²) in [6, 6.07) is 0.518. The quantitative estimate of drug-likeness (QED) is 0.812. The van der Waals surface area contributed by atoms with Gasteiger partial charge in [-0.15, -0.1) is 0 Å². The van der Waals surface area contributed by atoms with E-state index in [1.54, 1.807) is 0 Å². The van der Waals surface area contributed by atoms with E-state index in [2.05, 4.69) is 23.5 Å². The normalized spacial score (nSPS) is 13.1. The Morgan fingerprint density at radius 3 is 2.73 bits per heavy atom. The van der Waals surface area contributed by atoms with Crippen molar-refractivity contribution in [3.05, 3.63) is 17.3 Å². The molecule has 86 valence electrons. The van der Waals surface area contributed by atoms with Gasteiger partial charge < -0.3 is 9.73 Å². The van der Waals surface area contributed by atoms with Crippen molar-refractivity contribution < 1.29 is 4.42 Å². The Labute approximate surface area is 96.0 Å². The molecule has 0 spiro atoms. The molecule has 15 heavy (non-hydrogen) atoms. The van der Waals surface area contributed by atoms with E-state index < -0.39 is 0 Å². The van der Waals surface area contributed by atoms with Crippen molar-refractivity contribution >= 4 is 11.8 Å². The maximum atomic E-state index is 5.49. The van der Waals surface area contributed by atoms with Gasteiger partial charge in [-0.1, -0.05) is 0 Å². The molecule has 0 fully saturated rings. The van der Waals surface area contributed by atoms with Gasteiger partial charge in [-0.05, 0) is 39.2 Å². The smallest absolute Gasteiger partial charge is 0.208 e. The lowest BCUT2D eigenvalue weighted by molar-refractivity contribution is 0.425. The van der Waals surface area contributed by atoms with E-state index >= 15 is 0 Å². The van der Waals surface area contributed by atoms with Crippen LogP contribution in [0.15, 0.2) is 4.42 Å². The number of hydrogen-bond acceptors (Lipinski definition) is 4.